The molecule has 1 N–H and O–H groups in total. The molecule has 0 fully saturated rings. The lowest BCUT2D eigenvalue weighted by Gasteiger charge is -2.19. The Morgan fingerprint density at radius 1 is 1.10 bits per heavy atom. The second-order valence-corrected chi connectivity index (χ2v) is 6.52. The molecule has 0 unspecified atom stereocenters. The highest BCUT2D eigenvalue weighted by Gasteiger charge is 2.09. The first-order chi connectivity index (χ1) is 14.2. The summed E-state index contributed by atoms with van der Waals surface area (Å²) in [5.74, 6) is 0.585. The van der Waals surface area contributed by atoms with E-state index in [9.17, 15) is 4.79 Å². The number of hydrogen-bond acceptors (Lipinski definition) is 6. The Labute approximate surface area is 170 Å². The van der Waals surface area contributed by atoms with Gasteiger partial charge in [0, 0.05) is 6.54 Å². The van der Waals surface area contributed by atoms with Crippen LogP contribution in [-0.2, 0) is 11.2 Å². The van der Waals surface area contributed by atoms with Crippen molar-refractivity contribution in [2.24, 2.45) is 0 Å². The Balaban J connectivity index is 1.56. The summed E-state index contributed by atoms with van der Waals surface area (Å²) in [6.45, 7) is 7.67. The Hall–Kier alpha value is -3.26. The van der Waals surface area contributed by atoms with Crippen LogP contribution in [0.4, 0.5) is 5.69 Å². The van der Waals surface area contributed by atoms with Crippen LogP contribution in [0.3, 0.4) is 0 Å². The summed E-state index contributed by atoms with van der Waals surface area (Å²) < 4.78 is 7.47. The molecule has 1 amide bonds. The summed E-state index contributed by atoms with van der Waals surface area (Å²) in [6, 6.07) is 15.1. The number of amides is 1. The first-order valence-corrected chi connectivity index (χ1v) is 9.76. The smallest absolute Gasteiger partial charge is 0.228 e. The zero-order valence-corrected chi connectivity index (χ0v) is 16.8. The van der Waals surface area contributed by atoms with Gasteiger partial charge in [0.2, 0.25) is 5.91 Å². The van der Waals surface area contributed by atoms with Crippen molar-refractivity contribution in [2.45, 2.75) is 20.3 Å². The van der Waals surface area contributed by atoms with Gasteiger partial charge in [0.1, 0.15) is 18.7 Å². The quantitative estimate of drug-likeness (QED) is 0.569. The Kier molecular flexibility index (Phi) is 7.29. The summed E-state index contributed by atoms with van der Waals surface area (Å²) in [5.41, 5.74) is 2.42. The molecule has 152 valence electrons. The monoisotopic (exact) mass is 394 g/mol. The minimum atomic E-state index is -0.0973. The molecule has 3 rings (SSSR count). The topological polar surface area (TPSA) is 85.2 Å². The molecular weight excluding hydrogens is 368 g/mol. The van der Waals surface area contributed by atoms with Crippen molar-refractivity contribution in [3.05, 3.63) is 60.4 Å². The molecule has 0 aliphatic carbocycles. The number of benzene rings is 2. The number of rotatable bonds is 10. The maximum absolute atomic E-state index is 12.5. The number of nitrogens with one attached hydrogen (secondary N) is 1. The van der Waals surface area contributed by atoms with Gasteiger partial charge in [0.25, 0.3) is 0 Å². The van der Waals surface area contributed by atoms with Crippen LogP contribution >= 0.6 is 0 Å². The third-order valence-corrected chi connectivity index (χ3v) is 4.64. The lowest BCUT2D eigenvalue weighted by atomic mass is 10.1. The average Bonchev–Trinajstić information content (AvgIpc) is 3.28. The molecule has 0 aliphatic heterocycles. The predicted molar refractivity (Wildman–Crippen MR) is 111 cm³/mol. The van der Waals surface area contributed by atoms with Gasteiger partial charge < -0.3 is 15.0 Å². The minimum absolute atomic E-state index is 0.0973. The molecule has 0 aliphatic rings. The van der Waals surface area contributed by atoms with Crippen molar-refractivity contribution in [3.8, 4) is 11.4 Å². The van der Waals surface area contributed by atoms with Crippen molar-refractivity contribution in [3.63, 3.8) is 0 Å². The average molecular weight is 394 g/mol. The maximum Gasteiger partial charge on any atom is 0.228 e. The second-order valence-electron chi connectivity index (χ2n) is 6.52. The van der Waals surface area contributed by atoms with E-state index in [4.69, 9.17) is 4.74 Å². The lowest BCUT2D eigenvalue weighted by Crippen LogP contribution is -2.28. The van der Waals surface area contributed by atoms with E-state index in [0.29, 0.717) is 18.0 Å². The summed E-state index contributed by atoms with van der Waals surface area (Å²) >= 11 is 0. The molecular formula is C21H26N6O2. The Morgan fingerprint density at radius 3 is 2.55 bits per heavy atom. The number of aromatic nitrogens is 4. The molecule has 0 saturated carbocycles. The van der Waals surface area contributed by atoms with Crippen molar-refractivity contribution in [2.75, 3.05) is 31.6 Å². The number of likely N-dealkylation sites (N-methyl/N-ethyl adjacent to an activating group) is 1. The van der Waals surface area contributed by atoms with E-state index in [1.54, 1.807) is 4.68 Å². The standard InChI is InChI=1S/C21H26N6O2/c1-3-26(4-2)13-14-29-20-8-6-5-7-19(20)23-21(28)15-17-9-11-18(12-10-17)27-16-22-24-25-27/h5-12,16H,3-4,13-15H2,1-2H3,(H,23,28). The fraction of sp³-hybridized carbons (Fsp3) is 0.333. The highest BCUT2D eigenvalue weighted by atomic mass is 16.5. The summed E-state index contributed by atoms with van der Waals surface area (Å²) in [4.78, 5) is 14.8. The Bertz CT molecular complexity index is 892. The molecule has 8 nitrogen and oxygen atoms in total. The number of carbonyl (C=O) groups is 1. The van der Waals surface area contributed by atoms with Crippen molar-refractivity contribution >= 4 is 11.6 Å². The zero-order valence-electron chi connectivity index (χ0n) is 16.8. The fourth-order valence-corrected chi connectivity index (χ4v) is 2.95. The molecule has 1 aromatic heterocycles. The summed E-state index contributed by atoms with van der Waals surface area (Å²) in [6.07, 6.45) is 1.79. The molecule has 1 heterocycles. The third-order valence-electron chi connectivity index (χ3n) is 4.64. The molecule has 8 heteroatoms. The van der Waals surface area contributed by atoms with Crippen LogP contribution in [0.25, 0.3) is 5.69 Å². The second kappa shape index (κ2) is 10.3. The molecule has 0 spiro atoms. The lowest BCUT2D eigenvalue weighted by molar-refractivity contribution is -0.115. The van der Waals surface area contributed by atoms with Gasteiger partial charge in [0.15, 0.2) is 0 Å². The number of ether oxygens (including phenoxy) is 1. The molecule has 0 bridgehead atoms. The molecule has 29 heavy (non-hydrogen) atoms. The van der Waals surface area contributed by atoms with Crippen LogP contribution in [0.1, 0.15) is 19.4 Å². The number of carbonyl (C=O) groups excluding carboxylic acids is 1. The van der Waals surface area contributed by atoms with E-state index >= 15 is 0 Å². The molecule has 2 aromatic carbocycles. The van der Waals surface area contributed by atoms with Crippen molar-refractivity contribution < 1.29 is 9.53 Å². The first kappa shape index (κ1) is 20.5. The van der Waals surface area contributed by atoms with Crippen LogP contribution < -0.4 is 10.1 Å². The Morgan fingerprint density at radius 2 is 1.86 bits per heavy atom. The van der Waals surface area contributed by atoms with Gasteiger partial charge in [0.05, 0.1) is 17.8 Å². The highest BCUT2D eigenvalue weighted by molar-refractivity contribution is 5.93. The third kappa shape index (κ3) is 5.86. The van der Waals surface area contributed by atoms with Crippen LogP contribution in [0.5, 0.6) is 5.75 Å². The predicted octanol–water partition coefficient (Wildman–Crippen LogP) is 2.56. The van der Waals surface area contributed by atoms with E-state index in [1.807, 2.05) is 48.5 Å². The van der Waals surface area contributed by atoms with Crippen LogP contribution in [0.15, 0.2) is 54.9 Å². The van der Waals surface area contributed by atoms with Crippen LogP contribution in [0, 0.1) is 0 Å². The van der Waals surface area contributed by atoms with Gasteiger partial charge in [-0.3, -0.25) is 4.79 Å². The largest absolute Gasteiger partial charge is 0.490 e. The number of tetrazole rings is 1. The van der Waals surface area contributed by atoms with E-state index in [0.717, 1.165) is 30.9 Å². The van der Waals surface area contributed by atoms with E-state index < -0.39 is 0 Å². The zero-order chi connectivity index (χ0) is 20.5. The number of anilines is 1. The molecule has 0 radical (unpaired) electrons. The van der Waals surface area contributed by atoms with E-state index in [1.165, 1.54) is 6.33 Å². The molecule has 0 saturated heterocycles. The van der Waals surface area contributed by atoms with Gasteiger partial charge in [-0.25, -0.2) is 4.68 Å². The first-order valence-electron chi connectivity index (χ1n) is 9.76. The van der Waals surface area contributed by atoms with Crippen molar-refractivity contribution in [1.29, 1.82) is 0 Å². The van der Waals surface area contributed by atoms with E-state index in [-0.39, 0.29) is 12.3 Å². The van der Waals surface area contributed by atoms with Crippen molar-refractivity contribution in [1.82, 2.24) is 25.1 Å². The highest BCUT2D eigenvalue weighted by Crippen LogP contribution is 2.24. The van der Waals surface area contributed by atoms with Gasteiger partial charge in [-0.15, -0.1) is 5.10 Å². The summed E-state index contributed by atoms with van der Waals surface area (Å²) in [5, 5.41) is 14.0. The number of nitrogens with zero attached hydrogens (tertiary/aromatic N) is 5. The van der Waals surface area contributed by atoms with Crippen LogP contribution in [0.2, 0.25) is 0 Å². The summed E-state index contributed by atoms with van der Waals surface area (Å²) in [7, 11) is 0. The normalized spacial score (nSPS) is 10.9. The molecule has 3 aromatic rings. The minimum Gasteiger partial charge on any atom is -0.490 e. The van der Waals surface area contributed by atoms with Gasteiger partial charge >= 0.3 is 0 Å². The number of hydrogen-bond donors (Lipinski definition) is 1. The van der Waals surface area contributed by atoms with E-state index in [2.05, 4.69) is 39.6 Å². The fourth-order valence-electron chi connectivity index (χ4n) is 2.95. The number of para-hydroxylation sites is 2. The van der Waals surface area contributed by atoms with Crippen LogP contribution in [-0.4, -0.2) is 57.3 Å². The van der Waals surface area contributed by atoms with Gasteiger partial charge in [-0.05, 0) is 53.3 Å². The maximum atomic E-state index is 12.5. The van der Waals surface area contributed by atoms with Gasteiger partial charge in [-0.2, -0.15) is 0 Å². The molecule has 0 atom stereocenters. The SMILES string of the molecule is CCN(CC)CCOc1ccccc1NC(=O)Cc1ccc(-n2cnnn2)cc1. The van der Waals surface area contributed by atoms with Gasteiger partial charge in [-0.1, -0.05) is 38.1 Å².